The molecular weight excluding hydrogens is 452 g/mol. The lowest BCUT2D eigenvalue weighted by Crippen LogP contribution is -2.51. The summed E-state index contributed by atoms with van der Waals surface area (Å²) >= 11 is 0. The van der Waals surface area contributed by atoms with Crippen LogP contribution in [-0.4, -0.2) is 44.9 Å². The molecule has 9 heteroatoms. The number of piperidine rings is 1. The number of carbonyl (C=O) groups excluding carboxylic acids is 1. The summed E-state index contributed by atoms with van der Waals surface area (Å²) in [7, 11) is 0. The van der Waals surface area contributed by atoms with E-state index in [2.05, 4.69) is 27.2 Å². The second-order valence-electron chi connectivity index (χ2n) is 8.94. The van der Waals surface area contributed by atoms with Gasteiger partial charge in [0.2, 0.25) is 0 Å². The van der Waals surface area contributed by atoms with Gasteiger partial charge >= 0.3 is 0 Å². The largest absolute Gasteiger partial charge is 0.424 e. The molecule has 1 saturated heterocycles. The number of amides is 1. The van der Waals surface area contributed by atoms with Crippen LogP contribution in [0.5, 0.6) is 0 Å². The third kappa shape index (κ3) is 4.58. The van der Waals surface area contributed by atoms with Crippen LogP contribution in [0.3, 0.4) is 0 Å². The topological polar surface area (TPSA) is 84.2 Å². The highest BCUT2D eigenvalue weighted by atomic mass is 19.1. The van der Waals surface area contributed by atoms with Crippen LogP contribution >= 0.6 is 0 Å². The predicted octanol–water partition coefficient (Wildman–Crippen LogP) is 5.22. The molecule has 0 saturated carbocycles. The highest BCUT2D eigenvalue weighted by molar-refractivity contribution is 6.00. The molecule has 0 unspecified atom stereocenters. The average molecular weight is 478 g/mol. The zero-order chi connectivity index (χ0) is 24.5. The van der Waals surface area contributed by atoms with Crippen LogP contribution in [0.2, 0.25) is 0 Å². The molecule has 4 aromatic rings. The Hall–Kier alpha value is -3.88. The SMILES string of the molecule is Cc1cc(F)c(-c2ncccn2)c(C(=O)N2CCC[C@@H](C)[C@H]2CNc2nc3cc(F)ccc3o2)c1. The number of rotatable bonds is 5. The Kier molecular flexibility index (Phi) is 6.15. The molecule has 2 atom stereocenters. The molecular formula is C26H25F2N5O2. The number of aryl methyl sites for hydroxylation is 1. The molecule has 0 aliphatic carbocycles. The minimum atomic E-state index is -0.530. The van der Waals surface area contributed by atoms with Crippen LogP contribution in [0.25, 0.3) is 22.5 Å². The highest BCUT2D eigenvalue weighted by Crippen LogP contribution is 2.31. The van der Waals surface area contributed by atoms with Crippen molar-refractivity contribution in [1.82, 2.24) is 19.9 Å². The van der Waals surface area contributed by atoms with Crippen molar-refractivity contribution in [3.8, 4) is 11.4 Å². The Bertz CT molecular complexity index is 1380. The molecule has 2 aromatic carbocycles. The molecule has 35 heavy (non-hydrogen) atoms. The third-order valence-electron chi connectivity index (χ3n) is 6.44. The number of nitrogens with zero attached hydrogens (tertiary/aromatic N) is 4. The lowest BCUT2D eigenvalue weighted by atomic mass is 9.89. The molecule has 2 aromatic heterocycles. The zero-order valence-corrected chi connectivity index (χ0v) is 19.5. The minimum absolute atomic E-state index is 0.104. The molecule has 0 bridgehead atoms. The van der Waals surface area contributed by atoms with Gasteiger partial charge in [0.05, 0.1) is 17.2 Å². The van der Waals surface area contributed by atoms with Gasteiger partial charge in [-0.3, -0.25) is 4.79 Å². The van der Waals surface area contributed by atoms with Gasteiger partial charge in [-0.1, -0.05) is 6.92 Å². The van der Waals surface area contributed by atoms with Crippen molar-refractivity contribution in [3.63, 3.8) is 0 Å². The lowest BCUT2D eigenvalue weighted by Gasteiger charge is -2.40. The summed E-state index contributed by atoms with van der Waals surface area (Å²) in [5.74, 6) is -0.829. The molecule has 3 heterocycles. The van der Waals surface area contributed by atoms with Gasteiger partial charge in [-0.25, -0.2) is 18.7 Å². The molecule has 1 N–H and O–H groups in total. The Morgan fingerprint density at radius 2 is 2.00 bits per heavy atom. The molecule has 1 aliphatic rings. The van der Waals surface area contributed by atoms with E-state index in [1.807, 2.05) is 0 Å². The maximum atomic E-state index is 15.1. The number of benzene rings is 2. The average Bonchev–Trinajstić information content (AvgIpc) is 3.24. The Balaban J connectivity index is 1.44. The quantitative estimate of drug-likeness (QED) is 0.424. The molecule has 1 aliphatic heterocycles. The maximum Gasteiger partial charge on any atom is 0.295 e. The first kappa shape index (κ1) is 22.9. The maximum absolute atomic E-state index is 15.1. The first-order valence-corrected chi connectivity index (χ1v) is 11.6. The number of halogens is 2. The number of aromatic nitrogens is 3. The van der Waals surface area contributed by atoms with E-state index in [1.54, 1.807) is 24.0 Å². The van der Waals surface area contributed by atoms with Crippen LogP contribution in [0, 0.1) is 24.5 Å². The van der Waals surface area contributed by atoms with Gasteiger partial charge in [-0.15, -0.1) is 0 Å². The van der Waals surface area contributed by atoms with E-state index in [9.17, 15) is 9.18 Å². The molecule has 0 spiro atoms. The molecule has 7 nitrogen and oxygen atoms in total. The number of hydrogen-bond donors (Lipinski definition) is 1. The van der Waals surface area contributed by atoms with Crippen LogP contribution in [0.1, 0.15) is 35.7 Å². The monoisotopic (exact) mass is 477 g/mol. The van der Waals surface area contributed by atoms with Crippen molar-refractivity contribution < 1.29 is 18.0 Å². The number of nitrogens with one attached hydrogen (secondary N) is 1. The lowest BCUT2D eigenvalue weighted by molar-refractivity contribution is 0.0539. The number of anilines is 1. The first-order chi connectivity index (χ1) is 16.9. The zero-order valence-electron chi connectivity index (χ0n) is 19.5. The van der Waals surface area contributed by atoms with Crippen molar-refractivity contribution in [2.24, 2.45) is 5.92 Å². The van der Waals surface area contributed by atoms with E-state index < -0.39 is 11.6 Å². The van der Waals surface area contributed by atoms with Gasteiger partial charge in [-0.05, 0) is 61.6 Å². The van der Waals surface area contributed by atoms with Crippen molar-refractivity contribution in [1.29, 1.82) is 0 Å². The second-order valence-corrected chi connectivity index (χ2v) is 8.94. The van der Waals surface area contributed by atoms with Gasteiger partial charge in [0.1, 0.15) is 17.2 Å². The van der Waals surface area contributed by atoms with Crippen molar-refractivity contribution in [2.75, 3.05) is 18.4 Å². The van der Waals surface area contributed by atoms with E-state index in [1.165, 1.54) is 36.7 Å². The number of carbonyl (C=O) groups is 1. The summed E-state index contributed by atoms with van der Waals surface area (Å²) in [4.78, 5) is 28.3. The summed E-state index contributed by atoms with van der Waals surface area (Å²) < 4.78 is 34.3. The van der Waals surface area contributed by atoms with Crippen LogP contribution < -0.4 is 5.32 Å². The van der Waals surface area contributed by atoms with Gasteiger partial charge in [-0.2, -0.15) is 4.98 Å². The number of likely N-dealkylation sites (tertiary alicyclic amines) is 1. The van der Waals surface area contributed by atoms with Crippen molar-refractivity contribution >= 4 is 23.0 Å². The summed E-state index contributed by atoms with van der Waals surface area (Å²) in [5, 5.41) is 3.17. The van der Waals surface area contributed by atoms with E-state index in [0.29, 0.717) is 29.8 Å². The Morgan fingerprint density at radius 3 is 2.80 bits per heavy atom. The molecule has 180 valence electrons. The van der Waals surface area contributed by atoms with Crippen molar-refractivity contribution in [2.45, 2.75) is 32.7 Å². The van der Waals surface area contributed by atoms with E-state index >= 15 is 4.39 Å². The molecule has 1 amide bonds. The van der Waals surface area contributed by atoms with Crippen LogP contribution in [0.4, 0.5) is 14.8 Å². The summed E-state index contributed by atoms with van der Waals surface area (Å²) in [6, 6.07) is 8.95. The van der Waals surface area contributed by atoms with Crippen LogP contribution in [0.15, 0.2) is 53.2 Å². The standard InChI is InChI=1S/C26H25F2N5O2/c1-15-11-18(23(19(28)12-15)24-29-8-4-9-30-24)25(34)33-10-3-5-16(2)21(33)14-31-26-32-20-13-17(27)6-7-22(20)35-26/h4,6-9,11-13,16,21H,3,5,10,14H2,1-2H3,(H,31,32)/t16-,21-/m1/s1. The summed E-state index contributed by atoms with van der Waals surface area (Å²) in [6.45, 7) is 4.77. The Labute approximate surface area is 201 Å². The molecule has 5 rings (SSSR count). The van der Waals surface area contributed by atoms with Gasteiger partial charge in [0.25, 0.3) is 11.9 Å². The molecule has 0 radical (unpaired) electrons. The predicted molar refractivity (Wildman–Crippen MR) is 128 cm³/mol. The summed E-state index contributed by atoms with van der Waals surface area (Å²) in [6.07, 6.45) is 4.85. The van der Waals surface area contributed by atoms with Crippen LogP contribution in [-0.2, 0) is 0 Å². The van der Waals surface area contributed by atoms with Gasteiger partial charge < -0.3 is 14.6 Å². The number of fused-ring (bicyclic) bond motifs is 1. The van der Waals surface area contributed by atoms with Gasteiger partial charge in [0, 0.05) is 31.5 Å². The normalized spacial score (nSPS) is 18.1. The number of hydrogen-bond acceptors (Lipinski definition) is 6. The van der Waals surface area contributed by atoms with E-state index in [4.69, 9.17) is 4.42 Å². The Morgan fingerprint density at radius 1 is 1.20 bits per heavy atom. The third-order valence-corrected chi connectivity index (χ3v) is 6.44. The fraction of sp³-hybridized carbons (Fsp3) is 0.308. The second kappa shape index (κ2) is 9.40. The fourth-order valence-corrected chi connectivity index (χ4v) is 4.70. The minimum Gasteiger partial charge on any atom is -0.424 e. The van der Waals surface area contributed by atoms with E-state index in [0.717, 1.165) is 12.8 Å². The fourth-order valence-electron chi connectivity index (χ4n) is 4.70. The molecule has 1 fully saturated rings. The van der Waals surface area contributed by atoms with Gasteiger partial charge in [0.15, 0.2) is 11.4 Å². The van der Waals surface area contributed by atoms with E-state index in [-0.39, 0.29) is 40.8 Å². The van der Waals surface area contributed by atoms with Crippen molar-refractivity contribution in [3.05, 3.63) is 71.6 Å². The summed E-state index contributed by atoms with van der Waals surface area (Å²) in [5.41, 5.74) is 1.88. The first-order valence-electron chi connectivity index (χ1n) is 11.6. The highest BCUT2D eigenvalue weighted by Gasteiger charge is 2.34. The number of oxazole rings is 1. The smallest absolute Gasteiger partial charge is 0.295 e.